The molecule has 0 saturated heterocycles. The normalized spacial score (nSPS) is 10.0. The van der Waals surface area contributed by atoms with E-state index in [0.29, 0.717) is 0 Å². The fourth-order valence-corrected chi connectivity index (χ4v) is 0. The van der Waals surface area contributed by atoms with Crippen molar-refractivity contribution in [3.63, 3.8) is 0 Å². The van der Waals surface area contributed by atoms with Crippen LogP contribution in [0.2, 0.25) is 0 Å². The average molecular weight is 323 g/mol. The summed E-state index contributed by atoms with van der Waals surface area (Å²) < 4.78 is 36.4. The van der Waals surface area contributed by atoms with E-state index in [9.17, 15) is 12.8 Å². The molecular weight excluding hydrogens is 320 g/mol. The van der Waals surface area contributed by atoms with Crippen LogP contribution in [0.25, 0.3) is 0 Å². The summed E-state index contributed by atoms with van der Waals surface area (Å²) in [4.78, 5) is 0. The van der Waals surface area contributed by atoms with Crippen molar-refractivity contribution in [2.75, 3.05) is 6.01 Å². The first-order valence-corrected chi connectivity index (χ1v) is 2.68. The Hall–Kier alpha value is 0.723. The predicted molar refractivity (Wildman–Crippen MR) is 23.3 cm³/mol. The Morgan fingerprint density at radius 3 is 1.71 bits per heavy atom. The van der Waals surface area contributed by atoms with Crippen molar-refractivity contribution in [1.82, 2.24) is 0 Å². The van der Waals surface area contributed by atoms with Crippen molar-refractivity contribution >= 4 is 36.3 Å². The van der Waals surface area contributed by atoms with Crippen LogP contribution in [0.1, 0.15) is 0 Å². The van der Waals surface area contributed by atoms with Crippen molar-refractivity contribution in [2.24, 2.45) is 0 Å². The molecule has 0 fully saturated rings. The fraction of sp³-hybridized carbons (Fsp3) is 1.00. The second-order valence-corrected chi connectivity index (χ2v) is 2.07. The molecule has 0 bridgehead atoms. The molecule has 1 N–H and O–H groups in total. The molecule has 0 rings (SSSR count). The summed E-state index contributed by atoms with van der Waals surface area (Å²) in [7, 11) is -4.33. The van der Waals surface area contributed by atoms with E-state index in [0.717, 1.165) is 0 Å². The molecule has 0 spiro atoms. The predicted octanol–water partition coefficient (Wildman–Crippen LogP) is -0.580. The molecule has 43 valence electrons. The van der Waals surface area contributed by atoms with Gasteiger partial charge in [0.2, 0.25) is 6.01 Å². The number of halogens is 1. The van der Waals surface area contributed by atoms with E-state index in [1.807, 2.05) is 0 Å². The molecule has 7 heavy (non-hydrogen) atoms. The first-order valence-electron chi connectivity index (χ1n) is 1.07. The van der Waals surface area contributed by atoms with Gasteiger partial charge in [-0.3, -0.25) is 4.55 Å². The van der Waals surface area contributed by atoms with Crippen molar-refractivity contribution < 1.29 is 17.4 Å². The van der Waals surface area contributed by atoms with Gasteiger partial charge in [-0.05, 0) is 0 Å². The van der Waals surface area contributed by atoms with E-state index >= 15 is 0 Å². The van der Waals surface area contributed by atoms with Gasteiger partial charge in [-0.15, -0.1) is 0 Å². The molecule has 3 radical (unpaired) electrons. The number of hydrogen-bond acceptors (Lipinski definition) is 2. The summed E-state index contributed by atoms with van der Waals surface area (Å²) in [5, 5.41) is 0. The van der Waals surface area contributed by atoms with E-state index in [2.05, 4.69) is 0 Å². The number of hydrogen-bond donors (Lipinski definition) is 1. The Morgan fingerprint density at radius 2 is 1.71 bits per heavy atom. The minimum Gasteiger partial charge on any atom is -0.284 e. The first-order chi connectivity index (χ1) is 2.56. The monoisotopic (exact) mass is 323 g/mol. The number of alkyl halides is 1. The molecular formula is CH3BiFO3S. The van der Waals surface area contributed by atoms with Gasteiger partial charge in [0.1, 0.15) is 0 Å². The van der Waals surface area contributed by atoms with Crippen molar-refractivity contribution in [3.8, 4) is 0 Å². The fourth-order valence-electron chi connectivity index (χ4n) is 0. The molecule has 0 unspecified atom stereocenters. The van der Waals surface area contributed by atoms with Crippen molar-refractivity contribution in [2.45, 2.75) is 0 Å². The third kappa shape index (κ3) is 10.8. The molecule has 6 heteroatoms. The van der Waals surface area contributed by atoms with Crippen LogP contribution in [0.15, 0.2) is 0 Å². The van der Waals surface area contributed by atoms with Crippen LogP contribution in [0.3, 0.4) is 0 Å². The molecule has 0 aliphatic heterocycles. The quantitative estimate of drug-likeness (QED) is 0.519. The third-order valence-corrected chi connectivity index (χ3v) is 0.414. The Bertz CT molecular complexity index is 117. The molecule has 0 amide bonds. The molecule has 0 aromatic carbocycles. The van der Waals surface area contributed by atoms with Gasteiger partial charge < -0.3 is 0 Å². The van der Waals surface area contributed by atoms with E-state index in [1.165, 1.54) is 0 Å². The summed E-state index contributed by atoms with van der Waals surface area (Å²) in [6, 6.07) is -1.70. The Kier molecular flexibility index (Phi) is 5.62. The Balaban J connectivity index is 0. The maximum absolute atomic E-state index is 10.7. The molecule has 0 aliphatic carbocycles. The van der Waals surface area contributed by atoms with E-state index in [4.69, 9.17) is 4.55 Å². The summed E-state index contributed by atoms with van der Waals surface area (Å²) in [5.41, 5.74) is 0. The SMILES string of the molecule is O=S(=O)(O)CF.[Bi]. The van der Waals surface area contributed by atoms with Crippen LogP contribution < -0.4 is 0 Å². The third-order valence-electron chi connectivity index (χ3n) is 0.138. The van der Waals surface area contributed by atoms with Crippen LogP contribution in [-0.4, -0.2) is 45.2 Å². The van der Waals surface area contributed by atoms with Gasteiger partial charge in [0.15, 0.2) is 0 Å². The summed E-state index contributed by atoms with van der Waals surface area (Å²) in [6.07, 6.45) is 0. The molecule has 0 heterocycles. The summed E-state index contributed by atoms with van der Waals surface area (Å²) >= 11 is 0. The molecule has 0 atom stereocenters. The minimum atomic E-state index is -4.33. The van der Waals surface area contributed by atoms with Crippen LogP contribution in [-0.2, 0) is 10.1 Å². The van der Waals surface area contributed by atoms with Gasteiger partial charge in [-0.25, -0.2) is 4.39 Å². The van der Waals surface area contributed by atoms with Crippen LogP contribution in [0.4, 0.5) is 4.39 Å². The molecule has 0 aromatic heterocycles. The molecule has 0 aliphatic rings. The van der Waals surface area contributed by atoms with E-state index in [1.54, 1.807) is 0 Å². The molecule has 3 nitrogen and oxygen atoms in total. The van der Waals surface area contributed by atoms with Crippen molar-refractivity contribution in [3.05, 3.63) is 0 Å². The minimum absolute atomic E-state index is 0. The molecule has 0 saturated carbocycles. The first kappa shape index (κ1) is 10.7. The zero-order valence-corrected chi connectivity index (χ0v) is 7.50. The topological polar surface area (TPSA) is 54.4 Å². The summed E-state index contributed by atoms with van der Waals surface area (Å²) in [5.74, 6) is 0. The Labute approximate surface area is 59.8 Å². The Morgan fingerprint density at radius 1 is 1.57 bits per heavy atom. The number of rotatable bonds is 1. The van der Waals surface area contributed by atoms with E-state index < -0.39 is 16.1 Å². The van der Waals surface area contributed by atoms with Gasteiger partial charge in [0.25, 0.3) is 10.1 Å². The van der Waals surface area contributed by atoms with Crippen LogP contribution in [0, 0.1) is 0 Å². The van der Waals surface area contributed by atoms with Gasteiger partial charge >= 0.3 is 0 Å². The zero-order valence-electron chi connectivity index (χ0n) is 3.20. The van der Waals surface area contributed by atoms with Crippen molar-refractivity contribution in [1.29, 1.82) is 0 Å². The maximum atomic E-state index is 10.7. The largest absolute Gasteiger partial charge is 0.294 e. The van der Waals surface area contributed by atoms with Gasteiger partial charge in [-0.1, -0.05) is 0 Å². The van der Waals surface area contributed by atoms with E-state index in [-0.39, 0.29) is 26.2 Å². The van der Waals surface area contributed by atoms with Gasteiger partial charge in [0.05, 0.1) is 0 Å². The average Bonchev–Trinajstić information content (AvgIpc) is 1.35. The maximum Gasteiger partial charge on any atom is 0.294 e. The second-order valence-electron chi connectivity index (χ2n) is 0.691. The van der Waals surface area contributed by atoms with Gasteiger partial charge in [0, 0.05) is 26.2 Å². The van der Waals surface area contributed by atoms with Crippen LogP contribution >= 0.6 is 0 Å². The standard InChI is InChI=1S/CH3FO3S.Bi/c2-1-6(3,4)5;/h1H2,(H,3,4,5);. The van der Waals surface area contributed by atoms with Gasteiger partial charge in [-0.2, -0.15) is 8.42 Å². The van der Waals surface area contributed by atoms with Crippen LogP contribution in [0.5, 0.6) is 0 Å². The summed E-state index contributed by atoms with van der Waals surface area (Å²) in [6.45, 7) is 0. The smallest absolute Gasteiger partial charge is 0.284 e. The zero-order chi connectivity index (χ0) is 5.21. The molecule has 0 aromatic rings. The second kappa shape index (κ2) is 3.69.